The average molecular weight is 293 g/mol. The smallest absolute Gasteiger partial charge is 0.178 e. The van der Waals surface area contributed by atoms with Crippen molar-refractivity contribution >= 4 is 23.3 Å². The molecule has 0 radical (unpaired) electrons. The van der Waals surface area contributed by atoms with Crippen LogP contribution >= 0.6 is 12.2 Å². The molecule has 0 amide bonds. The Balaban J connectivity index is 2.01. The first-order valence-corrected chi connectivity index (χ1v) is 6.40. The molecule has 2 aromatic heterocycles. The maximum absolute atomic E-state index is 13.7. The number of ether oxygens (including phenoxy) is 1. The van der Waals surface area contributed by atoms with Crippen molar-refractivity contribution in [1.29, 1.82) is 0 Å². The summed E-state index contributed by atoms with van der Waals surface area (Å²) >= 11 is 5.27. The van der Waals surface area contributed by atoms with E-state index in [-0.39, 0.29) is 5.75 Å². The third-order valence-corrected chi connectivity index (χ3v) is 3.39. The molecular formula is C12H12FN5OS. The minimum Gasteiger partial charge on any atom is -0.494 e. The molecule has 0 saturated heterocycles. The molecule has 0 spiro atoms. The van der Waals surface area contributed by atoms with Crippen LogP contribution in [-0.2, 0) is 13.1 Å². The van der Waals surface area contributed by atoms with Gasteiger partial charge in [-0.25, -0.2) is 4.39 Å². The monoisotopic (exact) mass is 293 g/mol. The number of aromatic nitrogens is 5. The summed E-state index contributed by atoms with van der Waals surface area (Å²) in [6, 6.07) is 3.02. The van der Waals surface area contributed by atoms with Gasteiger partial charge in [-0.15, -0.1) is 5.10 Å². The van der Waals surface area contributed by atoms with Crippen molar-refractivity contribution in [3.8, 4) is 5.75 Å². The zero-order chi connectivity index (χ0) is 14.1. The lowest BCUT2D eigenvalue weighted by Crippen LogP contribution is -2.08. The summed E-state index contributed by atoms with van der Waals surface area (Å²) in [6.07, 6.45) is 3.39. The van der Waals surface area contributed by atoms with Crippen LogP contribution in [0.2, 0.25) is 0 Å². The van der Waals surface area contributed by atoms with Crippen molar-refractivity contribution in [2.75, 3.05) is 7.11 Å². The van der Waals surface area contributed by atoms with Crippen LogP contribution in [0.4, 0.5) is 4.39 Å². The van der Waals surface area contributed by atoms with Crippen molar-refractivity contribution in [2.45, 2.75) is 13.1 Å². The van der Waals surface area contributed by atoms with E-state index in [0.717, 1.165) is 5.52 Å². The fourth-order valence-electron chi connectivity index (χ4n) is 2.09. The molecule has 8 heteroatoms. The number of hydrogen-bond donors (Lipinski definition) is 1. The Kier molecular flexibility index (Phi) is 3.23. The highest BCUT2D eigenvalue weighted by Crippen LogP contribution is 2.24. The third kappa shape index (κ3) is 2.18. The van der Waals surface area contributed by atoms with Crippen LogP contribution in [0.25, 0.3) is 11.0 Å². The molecular weight excluding hydrogens is 281 g/mol. The van der Waals surface area contributed by atoms with Crippen LogP contribution in [0.15, 0.2) is 24.5 Å². The van der Waals surface area contributed by atoms with E-state index in [2.05, 4.69) is 15.3 Å². The number of rotatable bonds is 4. The lowest BCUT2D eigenvalue weighted by molar-refractivity contribution is 0.387. The van der Waals surface area contributed by atoms with Gasteiger partial charge in [0.25, 0.3) is 0 Å². The number of imidazole rings is 1. The van der Waals surface area contributed by atoms with E-state index in [1.807, 2.05) is 4.57 Å². The second-order valence-electron chi connectivity index (χ2n) is 4.25. The van der Waals surface area contributed by atoms with Gasteiger partial charge in [-0.2, -0.15) is 0 Å². The number of nitrogens with one attached hydrogen (secondary N) is 1. The summed E-state index contributed by atoms with van der Waals surface area (Å²) in [7, 11) is 1.44. The Morgan fingerprint density at radius 2 is 2.25 bits per heavy atom. The standard InChI is InChI=1S/C12H12FN5OS/c1-19-11-7-10-9(6-8(11)13)15-12(20)18(10)5-4-17-3-2-14-16-17/h2-3,6-7H,4-5H2,1H3,(H,15,20). The zero-order valence-electron chi connectivity index (χ0n) is 10.7. The van der Waals surface area contributed by atoms with E-state index in [0.29, 0.717) is 23.4 Å². The molecule has 3 aromatic rings. The van der Waals surface area contributed by atoms with E-state index in [1.54, 1.807) is 23.1 Å². The van der Waals surface area contributed by atoms with Gasteiger partial charge in [0.1, 0.15) is 0 Å². The first-order valence-electron chi connectivity index (χ1n) is 5.99. The molecule has 1 aromatic carbocycles. The highest BCUT2D eigenvalue weighted by atomic mass is 32.1. The molecule has 0 unspecified atom stereocenters. The summed E-state index contributed by atoms with van der Waals surface area (Å²) in [6.45, 7) is 1.23. The molecule has 0 fully saturated rings. The van der Waals surface area contributed by atoms with Crippen molar-refractivity contribution in [1.82, 2.24) is 24.5 Å². The number of aryl methyl sites for hydroxylation is 2. The topological polar surface area (TPSA) is 60.7 Å². The summed E-state index contributed by atoms with van der Waals surface area (Å²) in [4.78, 5) is 2.99. The molecule has 0 saturated carbocycles. The lowest BCUT2D eigenvalue weighted by atomic mass is 10.3. The van der Waals surface area contributed by atoms with E-state index in [9.17, 15) is 4.39 Å². The SMILES string of the molecule is COc1cc2c(cc1F)[nH]c(=S)n2CCn1ccnn1. The Hall–Kier alpha value is -2.22. The Morgan fingerprint density at radius 1 is 1.40 bits per heavy atom. The van der Waals surface area contributed by atoms with Crippen LogP contribution in [-0.4, -0.2) is 31.7 Å². The number of methoxy groups -OCH3 is 1. The molecule has 0 bridgehead atoms. The van der Waals surface area contributed by atoms with Gasteiger partial charge in [0.2, 0.25) is 0 Å². The molecule has 3 rings (SSSR count). The molecule has 0 aliphatic rings. The Bertz CT molecular complexity index is 792. The number of hydrogen-bond acceptors (Lipinski definition) is 4. The molecule has 104 valence electrons. The minimum atomic E-state index is -0.417. The van der Waals surface area contributed by atoms with Gasteiger partial charge in [-0.1, -0.05) is 5.21 Å². The summed E-state index contributed by atoms with van der Waals surface area (Å²) in [5.41, 5.74) is 1.44. The van der Waals surface area contributed by atoms with Gasteiger partial charge in [0.05, 0.1) is 30.9 Å². The molecule has 0 aliphatic heterocycles. The van der Waals surface area contributed by atoms with Crippen LogP contribution in [0.3, 0.4) is 0 Å². The number of nitrogens with zero attached hydrogens (tertiary/aromatic N) is 4. The van der Waals surface area contributed by atoms with Crippen LogP contribution in [0.5, 0.6) is 5.75 Å². The molecule has 6 nitrogen and oxygen atoms in total. The molecule has 1 N–H and O–H groups in total. The lowest BCUT2D eigenvalue weighted by Gasteiger charge is -2.06. The largest absolute Gasteiger partial charge is 0.494 e. The number of aromatic amines is 1. The van der Waals surface area contributed by atoms with Crippen molar-refractivity contribution < 1.29 is 9.13 Å². The van der Waals surface area contributed by atoms with E-state index in [4.69, 9.17) is 17.0 Å². The molecule has 2 heterocycles. The van der Waals surface area contributed by atoms with Gasteiger partial charge in [-0.3, -0.25) is 4.68 Å². The number of fused-ring (bicyclic) bond motifs is 1. The van der Waals surface area contributed by atoms with Gasteiger partial charge in [0.15, 0.2) is 16.3 Å². The highest BCUT2D eigenvalue weighted by molar-refractivity contribution is 7.71. The normalized spacial score (nSPS) is 11.1. The second kappa shape index (κ2) is 5.04. The fraction of sp³-hybridized carbons (Fsp3) is 0.250. The van der Waals surface area contributed by atoms with Crippen molar-refractivity contribution in [3.05, 3.63) is 35.1 Å². The molecule has 0 aliphatic carbocycles. The number of halogens is 1. The zero-order valence-corrected chi connectivity index (χ0v) is 11.5. The van der Waals surface area contributed by atoms with Crippen LogP contribution in [0, 0.1) is 10.6 Å². The summed E-state index contributed by atoms with van der Waals surface area (Å²) < 4.78 is 22.8. The highest BCUT2D eigenvalue weighted by Gasteiger charge is 2.10. The Morgan fingerprint density at radius 3 is 2.95 bits per heavy atom. The maximum atomic E-state index is 13.7. The Labute approximate surface area is 118 Å². The van der Waals surface area contributed by atoms with Gasteiger partial charge in [-0.05, 0) is 12.2 Å². The fourth-order valence-corrected chi connectivity index (χ4v) is 2.39. The average Bonchev–Trinajstić information content (AvgIpc) is 3.03. The summed E-state index contributed by atoms with van der Waals surface area (Å²) in [5.74, 6) is -0.222. The van der Waals surface area contributed by atoms with Gasteiger partial charge < -0.3 is 14.3 Å². The quantitative estimate of drug-likeness (QED) is 0.749. The number of H-pyrrole nitrogens is 1. The minimum absolute atomic E-state index is 0.195. The summed E-state index contributed by atoms with van der Waals surface area (Å²) in [5, 5.41) is 7.64. The molecule has 0 atom stereocenters. The van der Waals surface area contributed by atoms with Crippen LogP contribution in [0.1, 0.15) is 0 Å². The maximum Gasteiger partial charge on any atom is 0.178 e. The predicted molar refractivity (Wildman–Crippen MR) is 73.7 cm³/mol. The van der Waals surface area contributed by atoms with E-state index < -0.39 is 5.82 Å². The van der Waals surface area contributed by atoms with Gasteiger partial charge >= 0.3 is 0 Å². The van der Waals surface area contributed by atoms with Crippen molar-refractivity contribution in [2.24, 2.45) is 0 Å². The van der Waals surface area contributed by atoms with Crippen LogP contribution < -0.4 is 4.74 Å². The predicted octanol–water partition coefficient (Wildman–Crippen LogP) is 2.14. The van der Waals surface area contributed by atoms with Gasteiger partial charge in [0, 0.05) is 24.9 Å². The van der Waals surface area contributed by atoms with Crippen molar-refractivity contribution in [3.63, 3.8) is 0 Å². The third-order valence-electron chi connectivity index (χ3n) is 3.07. The van der Waals surface area contributed by atoms with E-state index >= 15 is 0 Å². The first-order chi connectivity index (χ1) is 9.69. The number of benzene rings is 1. The van der Waals surface area contributed by atoms with E-state index in [1.165, 1.54) is 13.2 Å². The second-order valence-corrected chi connectivity index (χ2v) is 4.64. The first kappa shape index (κ1) is 12.8. The molecule has 20 heavy (non-hydrogen) atoms.